The quantitative estimate of drug-likeness (QED) is 0.517. The Morgan fingerprint density at radius 2 is 1.79 bits per heavy atom. The largest absolute Gasteiger partial charge is 0.366 e. The first-order chi connectivity index (χ1) is 16.3. The second-order valence-corrected chi connectivity index (χ2v) is 10.0. The van der Waals surface area contributed by atoms with Gasteiger partial charge in [-0.25, -0.2) is 8.78 Å². The number of hydrogen-bond acceptors (Lipinski definition) is 3. The average molecular weight is 467 g/mol. The van der Waals surface area contributed by atoms with Gasteiger partial charge >= 0.3 is 0 Å². The van der Waals surface area contributed by atoms with Crippen molar-refractivity contribution in [1.29, 1.82) is 0 Å². The van der Waals surface area contributed by atoms with E-state index in [0.29, 0.717) is 34.8 Å². The number of aryl methyl sites for hydroxylation is 1. The van der Waals surface area contributed by atoms with Gasteiger partial charge in [0.15, 0.2) is 11.6 Å². The van der Waals surface area contributed by atoms with Gasteiger partial charge < -0.3 is 20.9 Å². The molecular weight excluding hydrogens is 434 g/mol. The third-order valence-corrected chi connectivity index (χ3v) is 7.75. The molecule has 1 fully saturated rings. The van der Waals surface area contributed by atoms with Crippen molar-refractivity contribution in [2.75, 3.05) is 14.1 Å². The zero-order chi connectivity index (χ0) is 24.0. The smallest absolute Gasteiger partial charge is 0.250 e. The number of carbonyl (C=O) groups excluding carboxylic acids is 1. The maximum absolute atomic E-state index is 14.8. The number of aromatic nitrogens is 1. The Hall–Kier alpha value is -2.77. The van der Waals surface area contributed by atoms with Crippen molar-refractivity contribution in [2.24, 2.45) is 5.73 Å². The molecular formula is C27H32F2N4O. The summed E-state index contributed by atoms with van der Waals surface area (Å²) in [4.78, 5) is 17.9. The fraction of sp³-hybridized carbons (Fsp3) is 0.444. The Bertz CT molecular complexity index is 1230. The number of nitrogens with zero attached hydrogens (tertiary/aromatic N) is 1. The number of rotatable bonds is 5. The molecule has 5 rings (SSSR count). The summed E-state index contributed by atoms with van der Waals surface area (Å²) in [5.74, 6) is -2.31. The summed E-state index contributed by atoms with van der Waals surface area (Å²) in [6.45, 7) is 0. The van der Waals surface area contributed by atoms with E-state index in [9.17, 15) is 13.6 Å². The van der Waals surface area contributed by atoms with E-state index >= 15 is 0 Å². The van der Waals surface area contributed by atoms with Crippen LogP contribution in [-0.4, -0.2) is 48.0 Å². The molecule has 7 heteroatoms. The molecule has 0 spiro atoms. The van der Waals surface area contributed by atoms with Gasteiger partial charge in [0, 0.05) is 34.8 Å². The van der Waals surface area contributed by atoms with Crippen LogP contribution in [0.3, 0.4) is 0 Å². The van der Waals surface area contributed by atoms with Gasteiger partial charge in [-0.15, -0.1) is 0 Å². The highest BCUT2D eigenvalue weighted by molar-refractivity contribution is 6.10. The number of primary amides is 1. The molecule has 1 unspecified atom stereocenters. The topological polar surface area (TPSA) is 74.2 Å². The van der Waals surface area contributed by atoms with E-state index in [4.69, 9.17) is 5.73 Å². The maximum atomic E-state index is 14.8. The van der Waals surface area contributed by atoms with E-state index in [0.717, 1.165) is 54.8 Å². The minimum atomic E-state index is -0.887. The van der Waals surface area contributed by atoms with Gasteiger partial charge in [-0.2, -0.15) is 0 Å². The Labute approximate surface area is 198 Å². The number of hydrogen-bond donors (Lipinski definition) is 3. The first-order valence-electron chi connectivity index (χ1n) is 12.2. The molecule has 4 N–H and O–H groups in total. The second kappa shape index (κ2) is 9.12. The number of carbonyl (C=O) groups is 1. The van der Waals surface area contributed by atoms with Crippen LogP contribution in [0.15, 0.2) is 30.3 Å². The molecule has 0 radical (unpaired) electrons. The molecule has 2 aromatic carbocycles. The average Bonchev–Trinajstić information content (AvgIpc) is 3.19. The second-order valence-electron chi connectivity index (χ2n) is 10.0. The van der Waals surface area contributed by atoms with Crippen LogP contribution >= 0.6 is 0 Å². The van der Waals surface area contributed by atoms with Crippen LogP contribution in [0.2, 0.25) is 0 Å². The Balaban J connectivity index is 1.50. The first kappa shape index (κ1) is 23.0. The standard InChI is InChI=1S/C27H32F2N4O/c1-33(2)17-9-6-15(7-10-17)31-16-8-13-23-21(14-16)24-18(19-4-3-5-22(28)25(19)29)11-12-20(27(30)34)26(24)32-23/h3-5,11-12,15-17,31-32H,6-10,13-14H2,1-2H3,(H2,30,34). The molecule has 1 heterocycles. The molecule has 1 saturated carbocycles. The van der Waals surface area contributed by atoms with E-state index in [1.165, 1.54) is 18.9 Å². The zero-order valence-corrected chi connectivity index (χ0v) is 19.8. The van der Waals surface area contributed by atoms with Crippen LogP contribution in [-0.2, 0) is 12.8 Å². The predicted octanol–water partition coefficient (Wildman–Crippen LogP) is 4.53. The minimum Gasteiger partial charge on any atom is -0.366 e. The molecule has 0 aliphatic heterocycles. The lowest BCUT2D eigenvalue weighted by atomic mass is 9.86. The number of H-pyrrole nitrogens is 1. The van der Waals surface area contributed by atoms with E-state index in [-0.39, 0.29) is 5.56 Å². The number of amides is 1. The summed E-state index contributed by atoms with van der Waals surface area (Å²) in [5.41, 5.74) is 9.55. The van der Waals surface area contributed by atoms with E-state index in [1.54, 1.807) is 18.2 Å². The van der Waals surface area contributed by atoms with E-state index in [1.807, 2.05) is 0 Å². The summed E-state index contributed by atoms with van der Waals surface area (Å²) in [6, 6.07) is 8.95. The van der Waals surface area contributed by atoms with Gasteiger partial charge in [-0.1, -0.05) is 18.2 Å². The van der Waals surface area contributed by atoms with Crippen molar-refractivity contribution in [3.8, 4) is 11.1 Å². The van der Waals surface area contributed by atoms with Gasteiger partial charge in [0.25, 0.3) is 5.91 Å². The summed E-state index contributed by atoms with van der Waals surface area (Å²) >= 11 is 0. The summed E-state index contributed by atoms with van der Waals surface area (Å²) in [5, 5.41) is 4.65. The highest BCUT2D eigenvalue weighted by atomic mass is 19.2. The predicted molar refractivity (Wildman–Crippen MR) is 131 cm³/mol. The van der Waals surface area contributed by atoms with Crippen LogP contribution in [0.1, 0.15) is 53.7 Å². The first-order valence-corrected chi connectivity index (χ1v) is 12.2. The highest BCUT2D eigenvalue weighted by Gasteiger charge is 2.30. The van der Waals surface area contributed by atoms with Gasteiger partial charge in [0.05, 0.1) is 11.1 Å². The number of nitrogens with one attached hydrogen (secondary N) is 2. The fourth-order valence-electron chi connectivity index (χ4n) is 5.90. The highest BCUT2D eigenvalue weighted by Crippen LogP contribution is 2.39. The summed E-state index contributed by atoms with van der Waals surface area (Å²) in [7, 11) is 4.30. The monoisotopic (exact) mass is 466 g/mol. The van der Waals surface area contributed by atoms with Crippen molar-refractivity contribution in [2.45, 2.75) is 63.1 Å². The molecule has 5 nitrogen and oxygen atoms in total. The Morgan fingerprint density at radius 3 is 2.50 bits per heavy atom. The number of aromatic amines is 1. The Kier molecular flexibility index (Phi) is 6.16. The summed E-state index contributed by atoms with van der Waals surface area (Å²) < 4.78 is 28.9. The van der Waals surface area contributed by atoms with Gasteiger partial charge in [0.1, 0.15) is 0 Å². The minimum absolute atomic E-state index is 0.194. The maximum Gasteiger partial charge on any atom is 0.250 e. The number of benzene rings is 2. The lowest BCUT2D eigenvalue weighted by Gasteiger charge is -2.36. The van der Waals surface area contributed by atoms with E-state index in [2.05, 4.69) is 29.3 Å². The van der Waals surface area contributed by atoms with Crippen molar-refractivity contribution in [3.63, 3.8) is 0 Å². The van der Waals surface area contributed by atoms with Gasteiger partial charge in [-0.3, -0.25) is 4.79 Å². The number of nitrogens with two attached hydrogens (primary N) is 1. The lowest BCUT2D eigenvalue weighted by molar-refractivity contribution is 0.100. The van der Waals surface area contributed by atoms with Crippen molar-refractivity contribution < 1.29 is 13.6 Å². The van der Waals surface area contributed by atoms with Gasteiger partial charge in [0.2, 0.25) is 0 Å². The zero-order valence-electron chi connectivity index (χ0n) is 19.8. The van der Waals surface area contributed by atoms with Crippen molar-refractivity contribution in [3.05, 3.63) is 58.8 Å². The Morgan fingerprint density at radius 1 is 1.03 bits per heavy atom. The third kappa shape index (κ3) is 4.12. The third-order valence-electron chi connectivity index (χ3n) is 7.75. The molecule has 34 heavy (non-hydrogen) atoms. The van der Waals surface area contributed by atoms with Crippen LogP contribution in [0, 0.1) is 11.6 Å². The fourth-order valence-corrected chi connectivity index (χ4v) is 5.90. The number of halogens is 2. The SMILES string of the molecule is CN(C)C1CCC(NC2CCc3[nH]c4c(C(N)=O)ccc(-c5cccc(F)c5F)c4c3C2)CC1. The van der Waals surface area contributed by atoms with Gasteiger partial charge in [-0.05, 0) is 82.3 Å². The molecule has 0 bridgehead atoms. The van der Waals surface area contributed by atoms with Crippen molar-refractivity contribution in [1.82, 2.24) is 15.2 Å². The molecule has 2 aliphatic rings. The molecule has 1 atom stereocenters. The van der Waals surface area contributed by atoms with Crippen LogP contribution in [0.25, 0.3) is 22.0 Å². The summed E-state index contributed by atoms with van der Waals surface area (Å²) in [6.07, 6.45) is 7.30. The van der Waals surface area contributed by atoms with Crippen LogP contribution < -0.4 is 11.1 Å². The molecule has 1 amide bonds. The molecule has 1 aromatic heterocycles. The molecule has 2 aliphatic carbocycles. The number of fused-ring (bicyclic) bond motifs is 3. The van der Waals surface area contributed by atoms with Crippen molar-refractivity contribution >= 4 is 16.8 Å². The van der Waals surface area contributed by atoms with Crippen LogP contribution in [0.4, 0.5) is 8.78 Å². The molecule has 180 valence electrons. The molecule has 3 aromatic rings. The normalized spacial score (nSPS) is 22.8. The van der Waals surface area contributed by atoms with Crippen LogP contribution in [0.5, 0.6) is 0 Å². The lowest BCUT2D eigenvalue weighted by Crippen LogP contribution is -2.45. The molecule has 0 saturated heterocycles. The van der Waals surface area contributed by atoms with E-state index < -0.39 is 17.5 Å².